The standard InChI is InChI=1S/C24H26N4O/c1-15-5-4-8-20(25-15)21(29)28-24-12-16-9-17(13-24)11-23(10-16,14-24)22-26-18-6-2-3-7-19(18)27-22/h2-8,16-17H,9-14H2,1H3,(H,26,27)(H,28,29). The number of carbonyl (C=O) groups excluding carboxylic acids is 1. The number of nitrogens with one attached hydrogen (secondary N) is 2. The molecule has 148 valence electrons. The molecule has 0 radical (unpaired) electrons. The number of aromatic amines is 1. The van der Waals surface area contributed by atoms with Gasteiger partial charge in [-0.15, -0.1) is 0 Å². The van der Waals surface area contributed by atoms with Crippen LogP contribution in [0.4, 0.5) is 0 Å². The first kappa shape index (κ1) is 17.2. The van der Waals surface area contributed by atoms with Gasteiger partial charge in [0.2, 0.25) is 0 Å². The summed E-state index contributed by atoms with van der Waals surface area (Å²) in [7, 11) is 0. The highest BCUT2D eigenvalue weighted by atomic mass is 16.2. The van der Waals surface area contributed by atoms with Gasteiger partial charge in [0, 0.05) is 16.6 Å². The molecule has 2 N–H and O–H groups in total. The van der Waals surface area contributed by atoms with Gasteiger partial charge < -0.3 is 10.3 Å². The number of pyridine rings is 1. The number of fused-ring (bicyclic) bond motifs is 1. The molecule has 2 unspecified atom stereocenters. The van der Waals surface area contributed by atoms with E-state index < -0.39 is 0 Å². The minimum Gasteiger partial charge on any atom is -0.345 e. The summed E-state index contributed by atoms with van der Waals surface area (Å²) in [5, 5.41) is 3.45. The van der Waals surface area contributed by atoms with Crippen LogP contribution >= 0.6 is 0 Å². The predicted octanol–water partition coefficient (Wildman–Crippen LogP) is 4.29. The molecule has 5 heteroatoms. The molecule has 4 saturated carbocycles. The third kappa shape index (κ3) is 2.70. The van der Waals surface area contributed by atoms with E-state index in [0.29, 0.717) is 17.5 Å². The molecule has 2 aromatic heterocycles. The van der Waals surface area contributed by atoms with Crippen LogP contribution in [0.25, 0.3) is 11.0 Å². The fraction of sp³-hybridized carbons (Fsp3) is 0.458. The average molecular weight is 386 g/mol. The summed E-state index contributed by atoms with van der Waals surface area (Å²) < 4.78 is 0. The third-order valence-corrected chi connectivity index (χ3v) is 7.45. The molecule has 0 aliphatic heterocycles. The second-order valence-electron chi connectivity index (χ2n) is 9.74. The van der Waals surface area contributed by atoms with Gasteiger partial charge in [-0.2, -0.15) is 0 Å². The van der Waals surface area contributed by atoms with Gasteiger partial charge in [0.15, 0.2) is 0 Å². The van der Waals surface area contributed by atoms with Crippen LogP contribution in [0.2, 0.25) is 0 Å². The van der Waals surface area contributed by atoms with Crippen LogP contribution < -0.4 is 5.32 Å². The number of benzene rings is 1. The Labute approximate surface area is 170 Å². The first-order valence-corrected chi connectivity index (χ1v) is 10.7. The van der Waals surface area contributed by atoms with Crippen molar-refractivity contribution in [3.8, 4) is 0 Å². The van der Waals surface area contributed by atoms with E-state index in [1.807, 2.05) is 31.2 Å². The highest BCUT2D eigenvalue weighted by Crippen LogP contribution is 2.61. The Hall–Kier alpha value is -2.69. The molecule has 4 aliphatic carbocycles. The number of rotatable bonds is 3. The average Bonchev–Trinajstić information content (AvgIpc) is 3.12. The van der Waals surface area contributed by atoms with Crippen molar-refractivity contribution >= 4 is 16.9 Å². The van der Waals surface area contributed by atoms with Gasteiger partial charge >= 0.3 is 0 Å². The number of para-hydroxylation sites is 2. The second-order valence-corrected chi connectivity index (χ2v) is 9.74. The molecule has 2 heterocycles. The summed E-state index contributed by atoms with van der Waals surface area (Å²) in [4.78, 5) is 26.1. The molecule has 29 heavy (non-hydrogen) atoms. The lowest BCUT2D eigenvalue weighted by Crippen LogP contribution is -2.64. The first-order valence-electron chi connectivity index (χ1n) is 10.7. The number of amides is 1. The van der Waals surface area contributed by atoms with Gasteiger partial charge in [0.1, 0.15) is 11.5 Å². The molecular weight excluding hydrogens is 360 g/mol. The van der Waals surface area contributed by atoms with Crippen molar-refractivity contribution in [1.29, 1.82) is 0 Å². The topological polar surface area (TPSA) is 70.7 Å². The number of hydrogen-bond donors (Lipinski definition) is 2. The molecular formula is C24H26N4O. The molecule has 4 aliphatic rings. The second kappa shape index (κ2) is 5.91. The summed E-state index contributed by atoms with van der Waals surface area (Å²) >= 11 is 0. The van der Waals surface area contributed by atoms with Crippen LogP contribution in [0, 0.1) is 18.8 Å². The Morgan fingerprint density at radius 2 is 1.83 bits per heavy atom. The van der Waals surface area contributed by atoms with E-state index >= 15 is 0 Å². The SMILES string of the molecule is Cc1cccc(C(=O)NC23CC4CC(C2)CC(c2nc5ccccc5[nH]2)(C4)C3)n1. The maximum absolute atomic E-state index is 13.1. The van der Waals surface area contributed by atoms with Crippen molar-refractivity contribution in [2.75, 3.05) is 0 Å². The summed E-state index contributed by atoms with van der Waals surface area (Å²) in [6.07, 6.45) is 6.81. The minimum absolute atomic E-state index is 0.0320. The van der Waals surface area contributed by atoms with Crippen molar-refractivity contribution in [3.63, 3.8) is 0 Å². The molecule has 7 rings (SSSR count). The van der Waals surface area contributed by atoms with Crippen molar-refractivity contribution in [3.05, 3.63) is 59.7 Å². The van der Waals surface area contributed by atoms with Gasteiger partial charge in [-0.25, -0.2) is 9.97 Å². The normalized spacial score (nSPS) is 32.6. The van der Waals surface area contributed by atoms with Crippen molar-refractivity contribution in [2.24, 2.45) is 11.8 Å². The monoisotopic (exact) mass is 386 g/mol. The van der Waals surface area contributed by atoms with E-state index in [4.69, 9.17) is 4.98 Å². The molecule has 0 saturated heterocycles. The number of aromatic nitrogens is 3. The Balaban J connectivity index is 1.36. The van der Waals surface area contributed by atoms with Crippen LogP contribution in [0.3, 0.4) is 0 Å². The smallest absolute Gasteiger partial charge is 0.270 e. The molecule has 5 nitrogen and oxygen atoms in total. The minimum atomic E-state index is -0.133. The highest BCUT2D eigenvalue weighted by Gasteiger charge is 2.59. The largest absolute Gasteiger partial charge is 0.345 e. The van der Waals surface area contributed by atoms with Gasteiger partial charge in [-0.3, -0.25) is 4.79 Å². The van der Waals surface area contributed by atoms with Crippen molar-refractivity contribution < 1.29 is 4.79 Å². The van der Waals surface area contributed by atoms with Gasteiger partial charge in [-0.05, 0) is 81.5 Å². The molecule has 0 spiro atoms. The predicted molar refractivity (Wildman–Crippen MR) is 112 cm³/mol. The van der Waals surface area contributed by atoms with E-state index in [0.717, 1.165) is 41.8 Å². The Morgan fingerprint density at radius 1 is 1.03 bits per heavy atom. The maximum atomic E-state index is 13.1. The number of carbonyl (C=O) groups is 1. The molecule has 4 fully saturated rings. The quantitative estimate of drug-likeness (QED) is 0.705. The van der Waals surface area contributed by atoms with E-state index in [9.17, 15) is 4.79 Å². The van der Waals surface area contributed by atoms with Gasteiger partial charge in [-0.1, -0.05) is 18.2 Å². The lowest BCUT2D eigenvalue weighted by molar-refractivity contribution is -0.0402. The van der Waals surface area contributed by atoms with E-state index in [2.05, 4.69) is 33.5 Å². The summed E-state index contributed by atoms with van der Waals surface area (Å²) in [5.74, 6) is 2.42. The fourth-order valence-electron chi connectivity index (χ4n) is 6.86. The van der Waals surface area contributed by atoms with E-state index in [1.165, 1.54) is 19.3 Å². The lowest BCUT2D eigenvalue weighted by atomic mass is 9.46. The Kier molecular flexibility index (Phi) is 3.50. The zero-order valence-corrected chi connectivity index (χ0v) is 16.7. The lowest BCUT2D eigenvalue weighted by Gasteiger charge is -2.61. The van der Waals surface area contributed by atoms with Crippen LogP contribution in [0.5, 0.6) is 0 Å². The molecule has 2 atom stereocenters. The molecule has 3 aromatic rings. The summed E-state index contributed by atoms with van der Waals surface area (Å²) in [6.45, 7) is 1.93. The zero-order chi connectivity index (χ0) is 19.6. The number of nitrogens with zero attached hydrogens (tertiary/aromatic N) is 2. The van der Waals surface area contributed by atoms with Crippen LogP contribution in [-0.4, -0.2) is 26.4 Å². The zero-order valence-electron chi connectivity index (χ0n) is 16.7. The van der Waals surface area contributed by atoms with Crippen molar-refractivity contribution in [2.45, 2.75) is 56.4 Å². The van der Waals surface area contributed by atoms with E-state index in [1.54, 1.807) is 0 Å². The van der Waals surface area contributed by atoms with Crippen LogP contribution in [0.15, 0.2) is 42.5 Å². The number of aryl methyl sites for hydroxylation is 1. The maximum Gasteiger partial charge on any atom is 0.270 e. The van der Waals surface area contributed by atoms with E-state index in [-0.39, 0.29) is 16.9 Å². The van der Waals surface area contributed by atoms with Crippen LogP contribution in [0.1, 0.15) is 60.5 Å². The Bertz CT molecular complexity index is 1070. The van der Waals surface area contributed by atoms with Crippen LogP contribution in [-0.2, 0) is 5.41 Å². The molecule has 4 bridgehead atoms. The van der Waals surface area contributed by atoms with Gasteiger partial charge in [0.25, 0.3) is 5.91 Å². The first-order chi connectivity index (χ1) is 14.0. The van der Waals surface area contributed by atoms with Gasteiger partial charge in [0.05, 0.1) is 11.0 Å². The number of imidazole rings is 1. The molecule has 1 aromatic carbocycles. The summed E-state index contributed by atoms with van der Waals surface area (Å²) in [5.41, 5.74) is 3.48. The third-order valence-electron chi connectivity index (χ3n) is 7.45. The summed E-state index contributed by atoms with van der Waals surface area (Å²) in [6, 6.07) is 13.9. The Morgan fingerprint density at radius 3 is 2.59 bits per heavy atom. The fourth-order valence-corrected chi connectivity index (χ4v) is 6.86. The number of hydrogen-bond acceptors (Lipinski definition) is 3. The molecule has 1 amide bonds. The van der Waals surface area contributed by atoms with Crippen molar-refractivity contribution in [1.82, 2.24) is 20.3 Å². The highest BCUT2D eigenvalue weighted by molar-refractivity contribution is 5.92. The number of H-pyrrole nitrogens is 1.